The van der Waals surface area contributed by atoms with Gasteiger partial charge in [-0.25, -0.2) is 14.4 Å². The van der Waals surface area contributed by atoms with E-state index in [1.54, 1.807) is 73.8 Å². The molecule has 0 heterocycles. The second kappa shape index (κ2) is 26.3. The first kappa shape index (κ1) is 44.9. The van der Waals surface area contributed by atoms with E-state index >= 15 is 0 Å². The molecule has 0 unspecified atom stereocenters. The third-order valence-electron chi connectivity index (χ3n) is 8.33. The third-order valence-corrected chi connectivity index (χ3v) is 8.33. The van der Waals surface area contributed by atoms with Gasteiger partial charge in [0.25, 0.3) is 0 Å². The quantitative estimate of drug-likeness (QED) is 0.0182. The summed E-state index contributed by atoms with van der Waals surface area (Å²) >= 11 is 0. The summed E-state index contributed by atoms with van der Waals surface area (Å²) in [7, 11) is 1.59. The zero-order valence-electron chi connectivity index (χ0n) is 32.5. The van der Waals surface area contributed by atoms with Crippen molar-refractivity contribution in [2.45, 2.75) is 51.4 Å². The van der Waals surface area contributed by atoms with Gasteiger partial charge in [-0.3, -0.25) is 4.79 Å². The van der Waals surface area contributed by atoms with Crippen LogP contribution in [0.1, 0.15) is 77.6 Å². The fraction of sp³-hybridized carbons (Fsp3) is 0.283. The number of aldehydes is 1. The lowest BCUT2D eigenvalue weighted by atomic mass is 10.00. The van der Waals surface area contributed by atoms with Crippen molar-refractivity contribution >= 4 is 30.4 Å². The average molecular weight is 778 g/mol. The van der Waals surface area contributed by atoms with E-state index in [1.807, 2.05) is 24.3 Å². The van der Waals surface area contributed by atoms with Crippen LogP contribution in [0.15, 0.2) is 116 Å². The van der Waals surface area contributed by atoms with Crippen LogP contribution in [0.25, 0.3) is 11.1 Å². The zero-order valence-corrected chi connectivity index (χ0v) is 32.5. The summed E-state index contributed by atoms with van der Waals surface area (Å²) in [5.41, 5.74) is 3.59. The summed E-state index contributed by atoms with van der Waals surface area (Å²) in [6, 6.07) is 26.6. The molecule has 1 N–H and O–H groups in total. The lowest BCUT2D eigenvalue weighted by Crippen LogP contribution is -2.08. The highest BCUT2D eigenvalue weighted by molar-refractivity contribution is 5.92. The second-order valence-electron chi connectivity index (χ2n) is 12.5. The molecule has 4 rings (SSSR count). The Bertz CT molecular complexity index is 1870. The normalized spacial score (nSPS) is 10.1. The van der Waals surface area contributed by atoms with Crippen molar-refractivity contribution in [2.75, 3.05) is 33.5 Å². The number of ether oxygens (including phenoxy) is 6. The molecule has 4 aromatic carbocycles. The molecule has 0 fully saturated rings. The van der Waals surface area contributed by atoms with Gasteiger partial charge in [0.15, 0.2) is 0 Å². The van der Waals surface area contributed by atoms with Gasteiger partial charge in [-0.05, 0) is 135 Å². The average Bonchev–Trinajstić information content (AvgIpc) is 3.25. The van der Waals surface area contributed by atoms with Crippen molar-refractivity contribution in [2.24, 2.45) is 0 Å². The Kier molecular flexibility index (Phi) is 20.7. The van der Waals surface area contributed by atoms with Gasteiger partial charge >= 0.3 is 17.9 Å². The minimum atomic E-state index is -0.457. The number of carbonyl (C=O) groups excluding carboxylic acids is 4. The first-order valence-corrected chi connectivity index (χ1v) is 18.8. The number of hydrogen-bond acceptors (Lipinski definition) is 11. The van der Waals surface area contributed by atoms with Gasteiger partial charge < -0.3 is 33.8 Å². The van der Waals surface area contributed by atoms with E-state index in [0.717, 1.165) is 86.2 Å². The number of esters is 3. The third kappa shape index (κ3) is 17.2. The molecule has 0 saturated carbocycles. The first-order valence-electron chi connectivity index (χ1n) is 18.8. The molecule has 0 aliphatic rings. The molecule has 0 aromatic heterocycles. The molecule has 0 saturated heterocycles. The summed E-state index contributed by atoms with van der Waals surface area (Å²) in [5.74, 6) is 1.35. The molecule has 11 heteroatoms. The Morgan fingerprint density at radius 1 is 0.596 bits per heavy atom. The van der Waals surface area contributed by atoms with Gasteiger partial charge in [-0.1, -0.05) is 31.4 Å². The van der Waals surface area contributed by atoms with E-state index in [9.17, 15) is 19.2 Å². The van der Waals surface area contributed by atoms with E-state index in [4.69, 9.17) is 33.8 Å². The van der Waals surface area contributed by atoms with Crippen LogP contribution in [0, 0.1) is 5.41 Å². The predicted molar refractivity (Wildman–Crippen MR) is 220 cm³/mol. The number of carbonyl (C=O) groups is 4. The number of rotatable bonds is 24. The van der Waals surface area contributed by atoms with E-state index in [0.29, 0.717) is 54.8 Å². The van der Waals surface area contributed by atoms with Crippen molar-refractivity contribution < 1.29 is 47.6 Å². The van der Waals surface area contributed by atoms with Gasteiger partial charge in [-0.2, -0.15) is 0 Å². The molecule has 0 amide bonds. The molecule has 57 heavy (non-hydrogen) atoms. The maximum absolute atomic E-state index is 12.6. The second-order valence-corrected chi connectivity index (χ2v) is 12.5. The Labute approximate surface area is 334 Å². The number of hydrogen-bond donors (Lipinski definition) is 1. The Morgan fingerprint density at radius 2 is 1.07 bits per heavy atom. The van der Waals surface area contributed by atoms with Crippen LogP contribution in [-0.2, 0) is 19.1 Å². The molecule has 0 bridgehead atoms. The Morgan fingerprint density at radius 3 is 1.54 bits per heavy atom. The summed E-state index contributed by atoms with van der Waals surface area (Å²) in [4.78, 5) is 44.8. The van der Waals surface area contributed by atoms with Gasteiger partial charge in [-0.15, -0.1) is 0 Å². The highest BCUT2D eigenvalue weighted by Crippen LogP contribution is 2.28. The van der Waals surface area contributed by atoms with E-state index in [1.165, 1.54) is 12.3 Å². The van der Waals surface area contributed by atoms with Crippen LogP contribution >= 0.6 is 0 Å². The summed E-state index contributed by atoms with van der Waals surface area (Å²) in [6.45, 7) is 8.75. The van der Waals surface area contributed by atoms with Crippen molar-refractivity contribution in [3.63, 3.8) is 0 Å². The fourth-order valence-corrected chi connectivity index (χ4v) is 5.21. The SMILES string of the molecule is C=CC(=O)OCCCCCCOc1ccc(C(=O)Oc2ccc(-c3ccc(OC)cc3C=N)cc2)cc1.C=CC(=O)OCCCCCCOc1ccc(C=O)cc1. The lowest BCUT2D eigenvalue weighted by molar-refractivity contribution is -0.138. The van der Waals surface area contributed by atoms with Crippen molar-refractivity contribution in [3.05, 3.63) is 133 Å². The number of nitrogens with one attached hydrogen (secondary N) is 1. The topological polar surface area (TPSA) is 148 Å². The van der Waals surface area contributed by atoms with Gasteiger partial charge in [0.2, 0.25) is 0 Å². The first-order chi connectivity index (χ1) is 27.8. The number of unbranched alkanes of at least 4 members (excludes halogenated alkanes) is 6. The lowest BCUT2D eigenvalue weighted by Gasteiger charge is -2.10. The molecule has 0 aliphatic carbocycles. The number of benzene rings is 4. The largest absolute Gasteiger partial charge is 0.497 e. The maximum Gasteiger partial charge on any atom is 0.343 e. The van der Waals surface area contributed by atoms with Crippen LogP contribution in [0.4, 0.5) is 0 Å². The van der Waals surface area contributed by atoms with Gasteiger partial charge in [0.05, 0.1) is 39.1 Å². The summed E-state index contributed by atoms with van der Waals surface area (Å²) in [6.07, 6.45) is 11.9. The maximum atomic E-state index is 12.6. The monoisotopic (exact) mass is 777 g/mol. The standard InChI is InChI=1S/C30H31NO6.C16H20O4/c1-3-29(32)36-19-7-5-4-6-18-35-25-12-10-23(11-13-25)30(33)37-26-14-8-22(9-15-26)28-17-16-27(34-2)20-24(28)21-31;1-2-16(18)20-12-6-4-3-5-11-19-15-9-7-14(13-17)8-10-15/h3,8-17,20-21,31H,1,4-7,18-19H2,2H3;2,7-10,13H,1,3-6,11-12H2. The van der Waals surface area contributed by atoms with E-state index in [2.05, 4.69) is 13.2 Å². The van der Waals surface area contributed by atoms with Crippen LogP contribution in [0.2, 0.25) is 0 Å². The predicted octanol–water partition coefficient (Wildman–Crippen LogP) is 9.41. The fourth-order valence-electron chi connectivity index (χ4n) is 5.21. The smallest absolute Gasteiger partial charge is 0.343 e. The summed E-state index contributed by atoms with van der Waals surface area (Å²) in [5, 5.41) is 7.67. The van der Waals surface area contributed by atoms with Crippen molar-refractivity contribution in [1.29, 1.82) is 5.41 Å². The molecule has 0 aliphatic heterocycles. The highest BCUT2D eigenvalue weighted by Gasteiger charge is 2.11. The van der Waals surface area contributed by atoms with E-state index in [-0.39, 0.29) is 5.97 Å². The molecular weight excluding hydrogens is 727 g/mol. The van der Waals surface area contributed by atoms with Crippen LogP contribution < -0.4 is 18.9 Å². The van der Waals surface area contributed by atoms with Crippen molar-refractivity contribution in [3.8, 4) is 34.1 Å². The molecule has 4 aromatic rings. The van der Waals surface area contributed by atoms with Crippen LogP contribution in [0.5, 0.6) is 23.0 Å². The van der Waals surface area contributed by atoms with E-state index < -0.39 is 11.9 Å². The number of methoxy groups -OCH3 is 1. The molecule has 300 valence electrons. The molecular formula is C46H51NO10. The van der Waals surface area contributed by atoms with Crippen LogP contribution in [-0.4, -0.2) is 63.9 Å². The molecule has 0 spiro atoms. The summed E-state index contributed by atoms with van der Waals surface area (Å²) < 4.78 is 31.8. The Hall–Kier alpha value is -6.49. The van der Waals surface area contributed by atoms with Gasteiger partial charge in [0.1, 0.15) is 29.3 Å². The van der Waals surface area contributed by atoms with Gasteiger partial charge in [0, 0.05) is 29.5 Å². The minimum absolute atomic E-state index is 0.368. The highest BCUT2D eigenvalue weighted by atomic mass is 16.5. The molecule has 0 radical (unpaired) electrons. The zero-order chi connectivity index (χ0) is 41.1. The molecule has 11 nitrogen and oxygen atoms in total. The Balaban J connectivity index is 0.000000367. The van der Waals surface area contributed by atoms with Crippen molar-refractivity contribution in [1.82, 2.24) is 0 Å². The van der Waals surface area contributed by atoms with Crippen LogP contribution in [0.3, 0.4) is 0 Å². The molecule has 0 atom stereocenters. The minimum Gasteiger partial charge on any atom is -0.497 e.